The van der Waals surface area contributed by atoms with Gasteiger partial charge in [0.25, 0.3) is 0 Å². The third kappa shape index (κ3) is 2.82. The fourth-order valence-corrected chi connectivity index (χ4v) is 2.27. The summed E-state index contributed by atoms with van der Waals surface area (Å²) in [6.45, 7) is 0. The van der Waals surface area contributed by atoms with Crippen LogP contribution in [-0.2, 0) is 0 Å². The van der Waals surface area contributed by atoms with Gasteiger partial charge in [0.15, 0.2) is 5.76 Å². The maximum atomic E-state index is 5.52. The Morgan fingerprint density at radius 3 is 2.46 bits per heavy atom. The first-order valence-corrected chi connectivity index (χ1v) is 7.23. The molecule has 4 aromatic heterocycles. The zero-order valence-electron chi connectivity index (χ0n) is 12.5. The average molecular weight is 316 g/mol. The number of hydrogen-bond donors (Lipinski definition) is 1. The van der Waals surface area contributed by atoms with E-state index in [1.54, 1.807) is 37.2 Å². The topological polar surface area (TPSA) is 89.6 Å². The van der Waals surface area contributed by atoms with Crippen LogP contribution in [0.5, 0.6) is 0 Å². The van der Waals surface area contributed by atoms with Crippen molar-refractivity contribution < 1.29 is 4.42 Å². The minimum absolute atomic E-state index is 0.578. The number of hydrogen-bond acceptors (Lipinski definition) is 7. The van der Waals surface area contributed by atoms with E-state index >= 15 is 0 Å². The smallest absolute Gasteiger partial charge is 0.154 e. The number of furan rings is 1. The number of nitrogens with one attached hydrogen (secondary N) is 1. The molecule has 0 aliphatic rings. The summed E-state index contributed by atoms with van der Waals surface area (Å²) in [7, 11) is 0. The molecule has 1 N–H and O–H groups in total. The van der Waals surface area contributed by atoms with Crippen LogP contribution in [0.25, 0.3) is 22.7 Å². The Morgan fingerprint density at radius 2 is 1.71 bits per heavy atom. The predicted octanol–water partition coefficient (Wildman–Crippen LogP) is 3.33. The van der Waals surface area contributed by atoms with E-state index < -0.39 is 0 Å². The molecule has 116 valence electrons. The average Bonchev–Trinajstić information content (AvgIpc) is 3.18. The Hall–Kier alpha value is -3.61. The van der Waals surface area contributed by atoms with Crippen LogP contribution >= 0.6 is 0 Å². The molecular weight excluding hydrogens is 304 g/mol. The highest BCUT2D eigenvalue weighted by Crippen LogP contribution is 2.30. The molecule has 0 fully saturated rings. The molecule has 0 bridgehead atoms. The van der Waals surface area contributed by atoms with Gasteiger partial charge in [0.05, 0.1) is 36.2 Å². The van der Waals surface area contributed by atoms with Crippen LogP contribution in [0, 0.1) is 0 Å². The van der Waals surface area contributed by atoms with Crippen molar-refractivity contribution >= 4 is 11.5 Å². The molecule has 0 aromatic carbocycles. The summed E-state index contributed by atoms with van der Waals surface area (Å²) in [6.07, 6.45) is 11.5. The number of aromatic nitrogens is 5. The molecule has 0 amide bonds. The summed E-state index contributed by atoms with van der Waals surface area (Å²) in [5, 5.41) is 3.13. The van der Waals surface area contributed by atoms with Gasteiger partial charge < -0.3 is 9.73 Å². The van der Waals surface area contributed by atoms with Crippen LogP contribution in [0.15, 0.2) is 72.3 Å². The Balaban J connectivity index is 1.78. The van der Waals surface area contributed by atoms with Crippen molar-refractivity contribution in [1.82, 2.24) is 24.9 Å². The van der Waals surface area contributed by atoms with Gasteiger partial charge in [0.2, 0.25) is 0 Å². The molecule has 0 atom stereocenters. The SMILES string of the molecule is c1coc(-c2nc(Nc3cncnc3)cnc2-c2ccncc2)c1. The fraction of sp³-hybridized carbons (Fsp3) is 0. The lowest BCUT2D eigenvalue weighted by molar-refractivity contribution is 0.580. The van der Waals surface area contributed by atoms with Gasteiger partial charge in [0.1, 0.15) is 17.8 Å². The number of nitrogens with zero attached hydrogens (tertiary/aromatic N) is 5. The fourth-order valence-electron chi connectivity index (χ4n) is 2.27. The lowest BCUT2D eigenvalue weighted by Crippen LogP contribution is -1.99. The third-order valence-corrected chi connectivity index (χ3v) is 3.31. The lowest BCUT2D eigenvalue weighted by atomic mass is 10.1. The van der Waals surface area contributed by atoms with Crippen LogP contribution in [0.1, 0.15) is 0 Å². The largest absolute Gasteiger partial charge is 0.463 e. The minimum Gasteiger partial charge on any atom is -0.463 e. The van der Waals surface area contributed by atoms with E-state index in [1.165, 1.54) is 6.33 Å². The van der Waals surface area contributed by atoms with E-state index in [-0.39, 0.29) is 0 Å². The minimum atomic E-state index is 0.578. The summed E-state index contributed by atoms with van der Waals surface area (Å²) >= 11 is 0. The van der Waals surface area contributed by atoms with Crippen molar-refractivity contribution in [2.75, 3.05) is 5.32 Å². The highest BCUT2D eigenvalue weighted by molar-refractivity contribution is 5.76. The van der Waals surface area contributed by atoms with Crippen LogP contribution in [0.3, 0.4) is 0 Å². The zero-order valence-corrected chi connectivity index (χ0v) is 12.5. The Labute approximate surface area is 137 Å². The Kier molecular flexibility index (Phi) is 3.65. The molecule has 0 unspecified atom stereocenters. The molecule has 4 aromatic rings. The van der Waals surface area contributed by atoms with Crippen molar-refractivity contribution in [3.63, 3.8) is 0 Å². The number of pyridine rings is 1. The first kappa shape index (κ1) is 14.0. The molecule has 0 saturated heterocycles. The van der Waals surface area contributed by atoms with Gasteiger partial charge >= 0.3 is 0 Å². The molecule has 7 nitrogen and oxygen atoms in total. The summed E-state index contributed by atoms with van der Waals surface area (Å²) in [5.41, 5.74) is 3.02. The van der Waals surface area contributed by atoms with Gasteiger partial charge in [-0.05, 0) is 24.3 Å². The second-order valence-corrected chi connectivity index (χ2v) is 4.92. The molecule has 0 saturated carbocycles. The van der Waals surface area contributed by atoms with E-state index in [1.807, 2.05) is 24.3 Å². The number of anilines is 2. The normalized spacial score (nSPS) is 10.5. The molecule has 7 heteroatoms. The van der Waals surface area contributed by atoms with E-state index in [0.717, 1.165) is 16.9 Å². The third-order valence-electron chi connectivity index (χ3n) is 3.31. The van der Waals surface area contributed by atoms with Crippen LogP contribution in [0.4, 0.5) is 11.5 Å². The van der Waals surface area contributed by atoms with Crippen molar-refractivity contribution in [3.05, 3.63) is 67.8 Å². The summed E-state index contributed by atoms with van der Waals surface area (Å²) < 4.78 is 5.52. The van der Waals surface area contributed by atoms with Crippen LogP contribution in [0.2, 0.25) is 0 Å². The van der Waals surface area contributed by atoms with Crippen molar-refractivity contribution in [1.29, 1.82) is 0 Å². The van der Waals surface area contributed by atoms with E-state index in [4.69, 9.17) is 4.42 Å². The molecule has 4 heterocycles. The number of rotatable bonds is 4. The predicted molar refractivity (Wildman–Crippen MR) is 88.3 cm³/mol. The molecule has 4 rings (SSSR count). The molecule has 0 spiro atoms. The van der Waals surface area contributed by atoms with Crippen LogP contribution in [-0.4, -0.2) is 24.9 Å². The van der Waals surface area contributed by atoms with Gasteiger partial charge in [-0.2, -0.15) is 0 Å². The first-order chi connectivity index (χ1) is 11.9. The first-order valence-electron chi connectivity index (χ1n) is 7.23. The van der Waals surface area contributed by atoms with Crippen molar-refractivity contribution in [2.24, 2.45) is 0 Å². The maximum absolute atomic E-state index is 5.52. The molecule has 24 heavy (non-hydrogen) atoms. The summed E-state index contributed by atoms with van der Waals surface area (Å²) in [6, 6.07) is 7.44. The van der Waals surface area contributed by atoms with E-state index in [2.05, 4.69) is 30.2 Å². The quantitative estimate of drug-likeness (QED) is 0.617. The molecule has 0 aliphatic carbocycles. The van der Waals surface area contributed by atoms with Gasteiger partial charge in [-0.15, -0.1) is 0 Å². The molecule has 0 radical (unpaired) electrons. The monoisotopic (exact) mass is 316 g/mol. The Morgan fingerprint density at radius 1 is 0.875 bits per heavy atom. The van der Waals surface area contributed by atoms with Crippen molar-refractivity contribution in [3.8, 4) is 22.7 Å². The summed E-state index contributed by atoms with van der Waals surface area (Å²) in [5.74, 6) is 1.22. The molecule has 0 aliphatic heterocycles. The highest BCUT2D eigenvalue weighted by Gasteiger charge is 2.14. The standard InChI is InChI=1S/C17H12N6O/c1-2-14(24-7-1)17-16(12-3-5-18-6-4-12)21-10-15(23-17)22-13-8-19-11-20-9-13/h1-11H,(H,22,23). The second-order valence-electron chi connectivity index (χ2n) is 4.92. The van der Waals surface area contributed by atoms with Gasteiger partial charge in [-0.25, -0.2) is 19.9 Å². The second kappa shape index (κ2) is 6.25. The Bertz CT molecular complexity index is 926. The van der Waals surface area contributed by atoms with E-state index in [0.29, 0.717) is 17.3 Å². The molecular formula is C17H12N6O. The van der Waals surface area contributed by atoms with E-state index in [9.17, 15) is 0 Å². The highest BCUT2D eigenvalue weighted by atomic mass is 16.3. The summed E-state index contributed by atoms with van der Waals surface area (Å²) in [4.78, 5) is 21.2. The van der Waals surface area contributed by atoms with Gasteiger partial charge in [0, 0.05) is 18.0 Å². The van der Waals surface area contributed by atoms with Gasteiger partial charge in [-0.3, -0.25) is 4.98 Å². The van der Waals surface area contributed by atoms with Gasteiger partial charge in [-0.1, -0.05) is 0 Å². The lowest BCUT2D eigenvalue weighted by Gasteiger charge is -2.09. The zero-order chi connectivity index (χ0) is 16.2. The van der Waals surface area contributed by atoms with Crippen molar-refractivity contribution in [2.45, 2.75) is 0 Å². The van der Waals surface area contributed by atoms with Crippen LogP contribution < -0.4 is 5.32 Å². The maximum Gasteiger partial charge on any atom is 0.154 e.